The second-order valence-electron chi connectivity index (χ2n) is 8.74. The second-order valence-corrected chi connectivity index (χ2v) is 10.6. The van der Waals surface area contributed by atoms with Crippen LogP contribution < -0.4 is 16.8 Å². The van der Waals surface area contributed by atoms with E-state index in [1.165, 1.54) is 0 Å². The van der Waals surface area contributed by atoms with Gasteiger partial charge in [0.05, 0.1) is 18.1 Å². The van der Waals surface area contributed by atoms with Gasteiger partial charge in [-0.15, -0.1) is 0 Å². The molecule has 0 aromatic rings. The van der Waals surface area contributed by atoms with Gasteiger partial charge >= 0.3 is 13.6 Å². The lowest BCUT2D eigenvalue weighted by molar-refractivity contribution is -0.142. The fourth-order valence-electron chi connectivity index (χ4n) is 3.82. The maximum absolute atomic E-state index is 12.7. The monoisotopic (exact) mass is 449 g/mol. The summed E-state index contributed by atoms with van der Waals surface area (Å²) in [5.74, 6) is -2.64. The Morgan fingerprint density at radius 3 is 2.37 bits per heavy atom. The smallest absolute Gasteiger partial charge is 0.330 e. The van der Waals surface area contributed by atoms with Gasteiger partial charge in [0.15, 0.2) is 0 Å². The SMILES string of the molecule is CC(C)C(CP(=O)(O)OC(CC1CCCCC1)NC(=O)[C@@H](N)CCCCN)C(=O)O. The summed E-state index contributed by atoms with van der Waals surface area (Å²) in [6, 6.07) is -0.755. The zero-order valence-electron chi connectivity index (χ0n) is 18.3. The molecular formula is C20H40N3O6P. The molecule has 176 valence electrons. The molecule has 10 heteroatoms. The molecule has 0 radical (unpaired) electrons. The second kappa shape index (κ2) is 13.4. The van der Waals surface area contributed by atoms with Crippen LogP contribution in [0.25, 0.3) is 0 Å². The third-order valence-corrected chi connectivity index (χ3v) is 7.16. The van der Waals surface area contributed by atoms with Crippen molar-refractivity contribution in [2.24, 2.45) is 29.2 Å². The first kappa shape index (κ1) is 27.0. The van der Waals surface area contributed by atoms with Gasteiger partial charge in [0, 0.05) is 0 Å². The molecule has 7 N–H and O–H groups in total. The topological polar surface area (TPSA) is 165 Å². The standard InChI is InChI=1S/C20H40N3O6P/c1-14(2)16(20(25)26)13-30(27,28)29-18(12-15-8-4-3-5-9-15)23-19(24)17(22)10-6-7-11-21/h14-18H,3-13,21-22H2,1-2H3,(H,23,24)(H,25,26)(H,27,28)/t16?,17-,18?/m0/s1. The molecule has 4 atom stereocenters. The fourth-order valence-corrected chi connectivity index (χ4v) is 5.52. The normalized spacial score (nSPS) is 20.3. The number of hydrogen-bond acceptors (Lipinski definition) is 6. The van der Waals surface area contributed by atoms with E-state index in [4.69, 9.17) is 16.0 Å². The number of carbonyl (C=O) groups is 2. The van der Waals surface area contributed by atoms with Gasteiger partial charge in [-0.1, -0.05) is 52.4 Å². The first-order valence-electron chi connectivity index (χ1n) is 11.0. The Morgan fingerprint density at radius 1 is 1.20 bits per heavy atom. The van der Waals surface area contributed by atoms with Crippen molar-refractivity contribution in [2.75, 3.05) is 12.7 Å². The molecule has 9 nitrogen and oxygen atoms in total. The number of unbranched alkanes of at least 4 members (excludes halogenated alkanes) is 1. The molecule has 3 unspecified atom stereocenters. The summed E-state index contributed by atoms with van der Waals surface area (Å²) in [4.78, 5) is 34.3. The van der Waals surface area contributed by atoms with E-state index in [0.717, 1.165) is 38.5 Å². The number of rotatable bonds is 14. The molecule has 30 heavy (non-hydrogen) atoms. The Labute approximate surface area is 179 Å². The lowest BCUT2D eigenvalue weighted by Gasteiger charge is -2.30. The predicted molar refractivity (Wildman–Crippen MR) is 116 cm³/mol. The van der Waals surface area contributed by atoms with Gasteiger partial charge in [0.2, 0.25) is 5.91 Å². The highest BCUT2D eigenvalue weighted by Gasteiger charge is 2.35. The number of nitrogens with one attached hydrogen (secondary N) is 1. The number of carbonyl (C=O) groups excluding carboxylic acids is 1. The van der Waals surface area contributed by atoms with Crippen molar-refractivity contribution in [3.63, 3.8) is 0 Å². The minimum atomic E-state index is -4.25. The summed E-state index contributed by atoms with van der Waals surface area (Å²) in [6.07, 6.45) is 6.13. The highest BCUT2D eigenvalue weighted by atomic mass is 31.2. The van der Waals surface area contributed by atoms with Gasteiger partial charge in [-0.25, -0.2) is 0 Å². The summed E-state index contributed by atoms with van der Waals surface area (Å²) >= 11 is 0. The number of amides is 1. The van der Waals surface area contributed by atoms with E-state index >= 15 is 0 Å². The lowest BCUT2D eigenvalue weighted by atomic mass is 9.86. The van der Waals surface area contributed by atoms with E-state index in [-0.39, 0.29) is 11.8 Å². The third kappa shape index (κ3) is 10.4. The zero-order valence-corrected chi connectivity index (χ0v) is 19.2. The molecule has 0 aromatic heterocycles. The number of carboxylic acid groups (broad SMARTS) is 1. The molecule has 1 rings (SSSR count). The fraction of sp³-hybridized carbons (Fsp3) is 0.900. The molecule has 1 amide bonds. The van der Waals surface area contributed by atoms with Crippen molar-refractivity contribution in [1.82, 2.24) is 5.32 Å². The molecule has 0 aliphatic heterocycles. The Bertz CT molecular complexity index is 583. The Hall–Kier alpha value is -0.990. The predicted octanol–water partition coefficient (Wildman–Crippen LogP) is 2.41. The van der Waals surface area contributed by atoms with Crippen LogP contribution in [0.2, 0.25) is 0 Å². The van der Waals surface area contributed by atoms with Gasteiger partial charge in [0.25, 0.3) is 0 Å². The van der Waals surface area contributed by atoms with E-state index in [1.54, 1.807) is 13.8 Å². The van der Waals surface area contributed by atoms with Crippen molar-refractivity contribution < 1.29 is 28.7 Å². The van der Waals surface area contributed by atoms with E-state index in [0.29, 0.717) is 25.8 Å². The van der Waals surface area contributed by atoms with Crippen LogP contribution >= 0.6 is 7.60 Å². The summed E-state index contributed by atoms with van der Waals surface area (Å²) < 4.78 is 18.2. The summed E-state index contributed by atoms with van der Waals surface area (Å²) in [7, 11) is -4.25. The van der Waals surface area contributed by atoms with Crippen LogP contribution in [0.4, 0.5) is 0 Å². The van der Waals surface area contributed by atoms with E-state index in [1.807, 2.05) is 0 Å². The van der Waals surface area contributed by atoms with Crippen molar-refractivity contribution >= 4 is 19.5 Å². The minimum Gasteiger partial charge on any atom is -0.481 e. The molecule has 0 aromatic carbocycles. The third-order valence-electron chi connectivity index (χ3n) is 5.72. The van der Waals surface area contributed by atoms with Crippen LogP contribution in [-0.2, 0) is 18.7 Å². The molecule has 0 bridgehead atoms. The van der Waals surface area contributed by atoms with Crippen molar-refractivity contribution in [1.29, 1.82) is 0 Å². The first-order chi connectivity index (χ1) is 14.1. The minimum absolute atomic E-state index is 0.276. The molecule has 0 saturated heterocycles. The Balaban J connectivity index is 2.81. The highest BCUT2D eigenvalue weighted by molar-refractivity contribution is 7.52. The number of nitrogens with two attached hydrogens (primary N) is 2. The maximum Gasteiger partial charge on any atom is 0.330 e. The molecule has 0 spiro atoms. The van der Waals surface area contributed by atoms with Gasteiger partial charge in [0.1, 0.15) is 6.23 Å². The summed E-state index contributed by atoms with van der Waals surface area (Å²) in [5.41, 5.74) is 11.4. The van der Waals surface area contributed by atoms with Crippen LogP contribution in [0.1, 0.15) is 71.6 Å². The van der Waals surface area contributed by atoms with Crippen molar-refractivity contribution in [2.45, 2.75) is 83.9 Å². The van der Waals surface area contributed by atoms with Gasteiger partial charge in [-0.3, -0.25) is 18.7 Å². The van der Waals surface area contributed by atoms with E-state index in [9.17, 15) is 24.2 Å². The van der Waals surface area contributed by atoms with Crippen LogP contribution in [0.15, 0.2) is 0 Å². The quantitative estimate of drug-likeness (QED) is 0.153. The van der Waals surface area contributed by atoms with Crippen LogP contribution in [0.3, 0.4) is 0 Å². The van der Waals surface area contributed by atoms with Gasteiger partial charge in [-0.2, -0.15) is 0 Å². The maximum atomic E-state index is 12.7. The van der Waals surface area contributed by atoms with Crippen LogP contribution in [0.5, 0.6) is 0 Å². The van der Waals surface area contributed by atoms with Crippen LogP contribution in [0, 0.1) is 17.8 Å². The van der Waals surface area contributed by atoms with Gasteiger partial charge in [-0.05, 0) is 37.6 Å². The van der Waals surface area contributed by atoms with Gasteiger partial charge < -0.3 is 26.8 Å². The highest BCUT2D eigenvalue weighted by Crippen LogP contribution is 2.47. The van der Waals surface area contributed by atoms with E-state index in [2.05, 4.69) is 5.32 Å². The number of carboxylic acids is 1. The first-order valence-corrected chi connectivity index (χ1v) is 12.8. The summed E-state index contributed by atoms with van der Waals surface area (Å²) in [5, 5.41) is 12.0. The number of hydrogen-bond donors (Lipinski definition) is 5. The average Bonchev–Trinajstić information content (AvgIpc) is 2.66. The largest absolute Gasteiger partial charge is 0.481 e. The molecule has 1 aliphatic rings. The molecule has 1 aliphatic carbocycles. The Morgan fingerprint density at radius 2 is 1.83 bits per heavy atom. The van der Waals surface area contributed by atoms with Crippen molar-refractivity contribution in [3.05, 3.63) is 0 Å². The molecule has 0 heterocycles. The van der Waals surface area contributed by atoms with Crippen LogP contribution in [-0.4, -0.2) is 46.9 Å². The van der Waals surface area contributed by atoms with E-state index < -0.39 is 43.8 Å². The molecular weight excluding hydrogens is 409 g/mol. The average molecular weight is 450 g/mol. The lowest BCUT2D eigenvalue weighted by Crippen LogP contribution is -2.47. The van der Waals surface area contributed by atoms with Crippen molar-refractivity contribution in [3.8, 4) is 0 Å². The molecule has 1 fully saturated rings. The molecule has 1 saturated carbocycles. The summed E-state index contributed by atoms with van der Waals surface area (Å²) in [6.45, 7) is 3.89. The Kier molecular flexibility index (Phi) is 12.1. The zero-order chi connectivity index (χ0) is 22.7. The number of aliphatic carboxylic acids is 1.